The molecule has 0 aliphatic rings. The fourth-order valence-electron chi connectivity index (χ4n) is 3.69. The molecule has 0 radical (unpaired) electrons. The molecule has 0 saturated heterocycles. The first-order chi connectivity index (χ1) is 16.9. The van der Waals surface area contributed by atoms with Crippen LogP contribution in [0.5, 0.6) is 5.75 Å². The second-order valence-corrected chi connectivity index (χ2v) is 8.33. The minimum absolute atomic E-state index is 0.0896. The highest BCUT2D eigenvalue weighted by atomic mass is 35.5. The predicted octanol–water partition coefficient (Wildman–Crippen LogP) is 3.82. The summed E-state index contributed by atoms with van der Waals surface area (Å²) in [6, 6.07) is 21.0. The predicted molar refractivity (Wildman–Crippen MR) is 135 cm³/mol. The maximum Gasteiger partial charge on any atom is 0.275 e. The number of halogens is 1. The molecule has 8 nitrogen and oxygen atoms in total. The van der Waals surface area contributed by atoms with E-state index in [9.17, 15) is 14.4 Å². The van der Waals surface area contributed by atoms with Crippen molar-refractivity contribution in [2.45, 2.75) is 6.54 Å². The Morgan fingerprint density at radius 2 is 1.71 bits per heavy atom. The lowest BCUT2D eigenvalue weighted by molar-refractivity contribution is -0.116. The van der Waals surface area contributed by atoms with Crippen molar-refractivity contribution in [3.8, 4) is 5.75 Å². The number of likely N-dealkylation sites (N-methyl/N-ethyl adjacent to an activating group) is 1. The van der Waals surface area contributed by atoms with Crippen LogP contribution in [0.1, 0.15) is 16.1 Å². The first-order valence-corrected chi connectivity index (χ1v) is 11.2. The summed E-state index contributed by atoms with van der Waals surface area (Å²) < 4.78 is 6.52. The molecule has 4 aromatic rings. The molecule has 0 spiro atoms. The van der Waals surface area contributed by atoms with E-state index in [0.29, 0.717) is 27.2 Å². The molecule has 0 unspecified atom stereocenters. The number of hydrogen-bond acceptors (Lipinski definition) is 5. The summed E-state index contributed by atoms with van der Waals surface area (Å²) in [7, 11) is 2.98. The largest absolute Gasteiger partial charge is 0.495 e. The molecule has 0 fully saturated rings. The van der Waals surface area contributed by atoms with E-state index in [4.69, 9.17) is 16.3 Å². The van der Waals surface area contributed by atoms with Gasteiger partial charge in [-0.3, -0.25) is 14.4 Å². The van der Waals surface area contributed by atoms with E-state index in [-0.39, 0.29) is 24.3 Å². The van der Waals surface area contributed by atoms with Gasteiger partial charge in [0.25, 0.3) is 11.5 Å². The van der Waals surface area contributed by atoms with E-state index in [1.807, 2.05) is 30.3 Å². The zero-order valence-corrected chi connectivity index (χ0v) is 20.0. The molecule has 1 aromatic heterocycles. The van der Waals surface area contributed by atoms with E-state index >= 15 is 0 Å². The molecule has 9 heteroatoms. The lowest BCUT2D eigenvalue weighted by Gasteiger charge is -2.19. The highest BCUT2D eigenvalue weighted by molar-refractivity contribution is 6.31. The van der Waals surface area contributed by atoms with Gasteiger partial charge in [0.15, 0.2) is 5.69 Å². The van der Waals surface area contributed by atoms with Gasteiger partial charge in [-0.25, -0.2) is 4.68 Å². The first-order valence-electron chi connectivity index (χ1n) is 10.8. The summed E-state index contributed by atoms with van der Waals surface area (Å²) in [6.45, 7) is -0.0358. The Bertz CT molecular complexity index is 1450. The zero-order valence-electron chi connectivity index (χ0n) is 19.2. The van der Waals surface area contributed by atoms with Crippen LogP contribution in [0.15, 0.2) is 77.6 Å². The van der Waals surface area contributed by atoms with Crippen molar-refractivity contribution >= 4 is 39.9 Å². The van der Waals surface area contributed by atoms with Crippen molar-refractivity contribution < 1.29 is 14.3 Å². The fourth-order valence-corrected chi connectivity index (χ4v) is 3.86. The van der Waals surface area contributed by atoms with Gasteiger partial charge in [-0.05, 0) is 29.8 Å². The number of amides is 2. The SMILES string of the molecule is COc1ccc(Cl)cc1NC(=O)CN(C)C(=O)c1nn(Cc2ccccc2)c(=O)c2ccccc12. The Hall–Kier alpha value is -4.17. The molecule has 0 aliphatic heterocycles. The Morgan fingerprint density at radius 3 is 2.43 bits per heavy atom. The number of fused-ring (bicyclic) bond motifs is 1. The number of ether oxygens (including phenoxy) is 1. The van der Waals surface area contributed by atoms with Gasteiger partial charge >= 0.3 is 0 Å². The lowest BCUT2D eigenvalue weighted by Crippen LogP contribution is -2.37. The molecule has 0 aliphatic carbocycles. The highest BCUT2D eigenvalue weighted by Crippen LogP contribution is 2.27. The van der Waals surface area contributed by atoms with Crippen LogP contribution in [-0.2, 0) is 11.3 Å². The van der Waals surface area contributed by atoms with E-state index in [0.717, 1.165) is 5.56 Å². The molecular formula is C26H23ClN4O4. The topological polar surface area (TPSA) is 93.5 Å². The van der Waals surface area contributed by atoms with Gasteiger partial charge in [0.2, 0.25) is 5.91 Å². The van der Waals surface area contributed by atoms with Gasteiger partial charge < -0.3 is 15.0 Å². The van der Waals surface area contributed by atoms with E-state index < -0.39 is 11.8 Å². The van der Waals surface area contributed by atoms with Crippen molar-refractivity contribution in [1.29, 1.82) is 0 Å². The minimum atomic E-state index is -0.490. The molecule has 1 heterocycles. The highest BCUT2D eigenvalue weighted by Gasteiger charge is 2.22. The molecular weight excluding hydrogens is 468 g/mol. The molecule has 4 rings (SSSR count). The third kappa shape index (κ3) is 5.33. The standard InChI is InChI=1S/C26H23ClN4O4/c1-30(16-23(32)28-21-14-18(27)12-13-22(21)35-2)26(34)24-19-10-6-7-11-20(19)25(33)31(29-24)15-17-8-4-3-5-9-17/h3-14H,15-16H2,1-2H3,(H,28,32). The lowest BCUT2D eigenvalue weighted by atomic mass is 10.1. The number of anilines is 1. The van der Waals surface area contributed by atoms with E-state index in [1.54, 1.807) is 42.5 Å². The molecule has 35 heavy (non-hydrogen) atoms. The quantitative estimate of drug-likeness (QED) is 0.425. The molecule has 0 saturated carbocycles. The third-order valence-corrected chi connectivity index (χ3v) is 5.64. The molecule has 1 N–H and O–H groups in total. The Labute approximate surface area is 206 Å². The van der Waals surface area contributed by atoms with E-state index in [2.05, 4.69) is 10.4 Å². The molecule has 3 aromatic carbocycles. The van der Waals surface area contributed by atoms with Crippen LogP contribution < -0.4 is 15.6 Å². The summed E-state index contributed by atoms with van der Waals surface area (Å²) >= 11 is 6.03. The van der Waals surface area contributed by atoms with Crippen LogP contribution in [0.25, 0.3) is 10.8 Å². The van der Waals surface area contributed by atoms with Gasteiger partial charge in [-0.15, -0.1) is 0 Å². The van der Waals surface area contributed by atoms with Crippen LogP contribution >= 0.6 is 11.6 Å². The summed E-state index contributed by atoms with van der Waals surface area (Å²) in [5.74, 6) is -0.489. The Kier molecular flexibility index (Phi) is 7.12. The normalized spacial score (nSPS) is 10.7. The number of carbonyl (C=O) groups is 2. The second-order valence-electron chi connectivity index (χ2n) is 7.90. The monoisotopic (exact) mass is 490 g/mol. The number of methoxy groups -OCH3 is 1. The molecule has 2 amide bonds. The van der Waals surface area contributed by atoms with Gasteiger partial charge in [-0.2, -0.15) is 5.10 Å². The maximum absolute atomic E-state index is 13.4. The number of rotatable bonds is 7. The fraction of sp³-hybridized carbons (Fsp3) is 0.154. The number of aromatic nitrogens is 2. The summed E-state index contributed by atoms with van der Waals surface area (Å²) in [4.78, 5) is 40.3. The summed E-state index contributed by atoms with van der Waals surface area (Å²) in [6.07, 6.45) is 0. The van der Waals surface area contributed by atoms with Gasteiger partial charge in [0.1, 0.15) is 5.75 Å². The van der Waals surface area contributed by atoms with Crippen LogP contribution in [0, 0.1) is 0 Å². The Morgan fingerprint density at radius 1 is 1.03 bits per heavy atom. The van der Waals surface area contributed by atoms with E-state index in [1.165, 1.54) is 23.7 Å². The summed E-state index contributed by atoms with van der Waals surface area (Å²) in [5.41, 5.74) is 1.06. The average Bonchev–Trinajstić information content (AvgIpc) is 2.86. The first kappa shape index (κ1) is 24.0. The van der Waals surface area contributed by atoms with Crippen LogP contribution in [0.3, 0.4) is 0 Å². The number of hydrogen-bond donors (Lipinski definition) is 1. The van der Waals surface area contributed by atoms with Gasteiger partial charge in [0, 0.05) is 17.5 Å². The van der Waals surface area contributed by atoms with Crippen molar-refractivity contribution in [2.24, 2.45) is 0 Å². The minimum Gasteiger partial charge on any atom is -0.495 e. The Balaban J connectivity index is 1.61. The van der Waals surface area contributed by atoms with Gasteiger partial charge in [-0.1, -0.05) is 60.1 Å². The molecule has 0 atom stereocenters. The van der Waals surface area contributed by atoms with Gasteiger partial charge in [0.05, 0.1) is 31.3 Å². The summed E-state index contributed by atoms with van der Waals surface area (Å²) in [5, 5.41) is 8.34. The number of benzene rings is 3. The zero-order chi connectivity index (χ0) is 24.9. The average molecular weight is 491 g/mol. The number of nitrogens with one attached hydrogen (secondary N) is 1. The molecule has 178 valence electrons. The second kappa shape index (κ2) is 10.4. The number of carbonyl (C=O) groups excluding carboxylic acids is 2. The van der Waals surface area contributed by atoms with Crippen molar-refractivity contribution in [2.75, 3.05) is 26.0 Å². The smallest absolute Gasteiger partial charge is 0.275 e. The van der Waals surface area contributed by atoms with Crippen molar-refractivity contribution in [3.05, 3.63) is 99.4 Å². The maximum atomic E-state index is 13.4. The van der Waals surface area contributed by atoms with Crippen molar-refractivity contribution in [3.63, 3.8) is 0 Å². The molecule has 0 bridgehead atoms. The van der Waals surface area contributed by atoms with Crippen LogP contribution in [0.4, 0.5) is 5.69 Å². The van der Waals surface area contributed by atoms with Crippen LogP contribution in [-0.4, -0.2) is 47.2 Å². The van der Waals surface area contributed by atoms with Crippen LogP contribution in [0.2, 0.25) is 5.02 Å². The number of nitrogens with zero attached hydrogens (tertiary/aromatic N) is 3. The van der Waals surface area contributed by atoms with Crippen molar-refractivity contribution in [1.82, 2.24) is 14.7 Å². The third-order valence-electron chi connectivity index (χ3n) is 5.41.